The summed E-state index contributed by atoms with van der Waals surface area (Å²) in [6, 6.07) is 0. The van der Waals surface area contributed by atoms with Gasteiger partial charge in [-0.2, -0.15) is 0 Å². The van der Waals surface area contributed by atoms with Crippen molar-refractivity contribution in [3.8, 4) is 0 Å². The van der Waals surface area contributed by atoms with Crippen LogP contribution in [0, 0.1) is 0 Å². The Labute approximate surface area is 85.2 Å². The van der Waals surface area contributed by atoms with E-state index in [1.54, 1.807) is 0 Å². The number of hydrogen-bond donors (Lipinski definition) is 0. The van der Waals surface area contributed by atoms with Crippen LogP contribution >= 0.6 is 0 Å². The first-order valence-electron chi connectivity index (χ1n) is 0.289. The Kier molecular flexibility index (Phi) is 71.9. The first-order chi connectivity index (χ1) is 1.00. The molecule has 18 valence electrons. The molecule has 0 rings (SSSR count). The maximum Gasteiger partial charge on any atom is 0 e. The minimum absolute atomic E-state index is 0. The third-order valence-electron chi connectivity index (χ3n) is 0. The van der Waals surface area contributed by atoms with Crippen LogP contribution in [-0.2, 0) is 30.0 Å². The summed E-state index contributed by atoms with van der Waals surface area (Å²) in [5.41, 5.74) is 0. The smallest absolute Gasteiger partial charge is 0 e. The van der Waals surface area contributed by atoms with Gasteiger partial charge in [0.1, 0.15) is 0 Å². The van der Waals surface area contributed by atoms with E-state index in [9.17, 15) is 0 Å². The molecule has 0 N–H and O–H groups in total. The molecule has 0 aliphatic rings. The van der Waals surface area contributed by atoms with E-state index < -0.39 is 0 Å². The summed E-state index contributed by atoms with van der Waals surface area (Å²) < 4.78 is 8.28. The van der Waals surface area contributed by atoms with Crippen molar-refractivity contribution < 1.29 is 32.9 Å². The molecule has 0 spiro atoms. The topological polar surface area (TPSA) is 17.1 Å². The quantitative estimate of drug-likeness (QED) is 0.437. The summed E-state index contributed by atoms with van der Waals surface area (Å²) in [5, 5.41) is 0. The van der Waals surface area contributed by atoms with Crippen molar-refractivity contribution in [2.45, 2.75) is 0 Å². The summed E-state index contributed by atoms with van der Waals surface area (Å²) in [7, 11) is 0. The van der Waals surface area contributed by atoms with Gasteiger partial charge in [0.05, 0.1) is 0 Å². The fraction of sp³-hybridized carbons (Fsp3) is 0. The minimum atomic E-state index is 0. The molecular formula is H3AlCaOZr. The van der Waals surface area contributed by atoms with Crippen LogP contribution in [0.2, 0.25) is 0 Å². The van der Waals surface area contributed by atoms with E-state index in [2.05, 4.69) is 0 Å². The first-order valence-corrected chi connectivity index (χ1v) is 0.866. The van der Waals surface area contributed by atoms with Crippen LogP contribution in [0.1, 0.15) is 2.85 Å². The van der Waals surface area contributed by atoms with Gasteiger partial charge in [-0.1, -0.05) is 0 Å². The van der Waals surface area contributed by atoms with Gasteiger partial charge >= 0.3 is 57.8 Å². The Morgan fingerprint density at radius 2 is 1.50 bits per heavy atom. The monoisotopic (exact) mass is 176 g/mol. The molecule has 0 unspecified atom stereocenters. The summed E-state index contributed by atoms with van der Waals surface area (Å²) in [6.45, 7) is 0. The zero-order chi connectivity index (χ0) is 2.00. The van der Waals surface area contributed by atoms with Gasteiger partial charge in [-0.3, -0.25) is 0 Å². The summed E-state index contributed by atoms with van der Waals surface area (Å²) in [4.78, 5) is 0. The second-order valence-electron chi connectivity index (χ2n) is 0. The Hall–Kier alpha value is 2.48. The van der Waals surface area contributed by atoms with Gasteiger partial charge in [-0.25, -0.2) is 0 Å². The van der Waals surface area contributed by atoms with Gasteiger partial charge in [-0.15, -0.1) is 0 Å². The third kappa shape index (κ3) is 8.82. The summed E-state index contributed by atoms with van der Waals surface area (Å²) in [6.07, 6.45) is 0. The molecule has 4 heavy (non-hydrogen) atoms. The van der Waals surface area contributed by atoms with E-state index in [1.165, 1.54) is 0 Å². The molecule has 0 saturated carbocycles. The van der Waals surface area contributed by atoms with Crippen LogP contribution in [0.5, 0.6) is 0 Å². The largest absolute Gasteiger partial charge is 0 e. The molecule has 0 aromatic carbocycles. The normalized spacial score (nSPS) is 0.750. The fourth-order valence-corrected chi connectivity index (χ4v) is 0. The number of rotatable bonds is 0. The van der Waals surface area contributed by atoms with Crippen LogP contribution < -0.4 is 0 Å². The molecule has 0 aliphatic heterocycles. The molecule has 0 atom stereocenters. The number of hydrogen-bond acceptors (Lipinski definition) is 1. The SMILES string of the molecule is [Ca+2].[H-].[H-].[O]=[AlH].[Zr]. The molecule has 0 saturated heterocycles. The second-order valence-corrected chi connectivity index (χ2v) is 0. The molecule has 0 heterocycles. The molecule has 0 radical (unpaired) electrons. The third-order valence-corrected chi connectivity index (χ3v) is 0. The van der Waals surface area contributed by atoms with Crippen molar-refractivity contribution >= 4 is 54.0 Å². The van der Waals surface area contributed by atoms with Crippen molar-refractivity contribution in [1.82, 2.24) is 0 Å². The maximum absolute atomic E-state index is 8.28. The van der Waals surface area contributed by atoms with Gasteiger partial charge in [0, 0.05) is 26.2 Å². The van der Waals surface area contributed by atoms with E-state index in [0.717, 1.165) is 0 Å². The molecule has 0 aliphatic carbocycles. The minimum Gasteiger partial charge on any atom is 0 e. The predicted molar refractivity (Wildman–Crippen MR) is 15.8 cm³/mol. The fourth-order valence-electron chi connectivity index (χ4n) is 0. The molecular weight excluding hydrogens is 174 g/mol. The van der Waals surface area contributed by atoms with Gasteiger partial charge in [0.15, 0.2) is 0 Å². The molecule has 0 aromatic heterocycles. The molecule has 1 nitrogen and oxygen atoms in total. The van der Waals surface area contributed by atoms with E-state index >= 15 is 0 Å². The maximum atomic E-state index is 8.28. The Bertz CT molecular complexity index is 13.5. The van der Waals surface area contributed by atoms with Crippen molar-refractivity contribution in [2.24, 2.45) is 0 Å². The molecule has 0 bridgehead atoms. The van der Waals surface area contributed by atoms with Gasteiger partial charge < -0.3 is 2.85 Å². The average molecular weight is 177 g/mol. The van der Waals surface area contributed by atoms with Crippen molar-refractivity contribution in [1.29, 1.82) is 0 Å². The molecule has 0 fully saturated rings. The Balaban J connectivity index is -0.000000000833. The van der Waals surface area contributed by atoms with Crippen LogP contribution in [0.15, 0.2) is 0 Å². The Morgan fingerprint density at radius 1 is 1.50 bits per heavy atom. The van der Waals surface area contributed by atoms with Crippen LogP contribution in [0.25, 0.3) is 0 Å². The van der Waals surface area contributed by atoms with Gasteiger partial charge in [0.2, 0.25) is 0 Å². The first kappa shape index (κ1) is 16.1. The summed E-state index contributed by atoms with van der Waals surface area (Å²) in [5.74, 6) is 0. The molecule has 4 heteroatoms. The van der Waals surface area contributed by atoms with Gasteiger partial charge in [0.25, 0.3) is 0 Å². The average Bonchev–Trinajstić information content (AvgIpc) is 1.00. The zero-order valence-electron chi connectivity index (χ0n) is 4.32. The van der Waals surface area contributed by atoms with E-state index in [4.69, 9.17) is 3.80 Å². The van der Waals surface area contributed by atoms with Crippen molar-refractivity contribution in [3.63, 3.8) is 0 Å². The van der Waals surface area contributed by atoms with Crippen LogP contribution in [0.4, 0.5) is 0 Å². The van der Waals surface area contributed by atoms with Crippen molar-refractivity contribution in [3.05, 3.63) is 0 Å². The van der Waals surface area contributed by atoms with E-state index in [1.807, 2.05) is 0 Å². The van der Waals surface area contributed by atoms with E-state index in [0.29, 0.717) is 16.2 Å². The van der Waals surface area contributed by atoms with E-state index in [-0.39, 0.29) is 66.8 Å². The molecule has 0 aromatic rings. The van der Waals surface area contributed by atoms with Crippen LogP contribution in [0.3, 0.4) is 0 Å². The Morgan fingerprint density at radius 3 is 1.50 bits per heavy atom. The van der Waals surface area contributed by atoms with Crippen molar-refractivity contribution in [2.75, 3.05) is 0 Å². The summed E-state index contributed by atoms with van der Waals surface area (Å²) >= 11 is 0.611. The predicted octanol–water partition coefficient (Wildman–Crippen LogP) is -0.926. The molecule has 0 amide bonds. The van der Waals surface area contributed by atoms with Gasteiger partial charge in [-0.05, 0) is 0 Å². The standard InChI is InChI=1S/Al.Ca.O.Zr.3H/q;+2;;;;2*-1. The second kappa shape index (κ2) is 17.9. The van der Waals surface area contributed by atoms with Crippen LogP contribution in [-0.4, -0.2) is 54.0 Å². The zero-order valence-corrected chi connectivity index (χ0v) is 8.40.